The van der Waals surface area contributed by atoms with Crippen LogP contribution in [-0.2, 0) is 14.3 Å². The Morgan fingerprint density at radius 1 is 1.47 bits per heavy atom. The van der Waals surface area contributed by atoms with Crippen molar-refractivity contribution in [3.63, 3.8) is 0 Å². The lowest BCUT2D eigenvalue weighted by Gasteiger charge is -2.36. The van der Waals surface area contributed by atoms with Gasteiger partial charge in [0.1, 0.15) is 0 Å². The molecule has 0 aromatic carbocycles. The predicted octanol–water partition coefficient (Wildman–Crippen LogP) is 0.788. The fourth-order valence-electron chi connectivity index (χ4n) is 3.00. The highest BCUT2D eigenvalue weighted by Gasteiger charge is 2.41. The van der Waals surface area contributed by atoms with Crippen LogP contribution < -0.4 is 5.32 Å². The fraction of sp³-hybridized carbons (Fsp3) is 0.857. The first kappa shape index (κ1) is 14.3. The molecular formula is C14H24N2O3. The maximum Gasteiger partial charge on any atom is 0.310 e. The summed E-state index contributed by atoms with van der Waals surface area (Å²) in [6, 6.07) is 0. The van der Waals surface area contributed by atoms with Gasteiger partial charge in [-0.05, 0) is 39.7 Å². The minimum atomic E-state index is -0.295. The van der Waals surface area contributed by atoms with E-state index in [4.69, 9.17) is 4.74 Å². The Balaban J connectivity index is 1.97. The number of likely N-dealkylation sites (tertiary alicyclic amines) is 1. The van der Waals surface area contributed by atoms with Gasteiger partial charge < -0.3 is 15.0 Å². The fourth-order valence-corrected chi connectivity index (χ4v) is 3.00. The molecule has 2 atom stereocenters. The van der Waals surface area contributed by atoms with Crippen molar-refractivity contribution in [2.45, 2.75) is 33.1 Å². The summed E-state index contributed by atoms with van der Waals surface area (Å²) in [6.07, 6.45) is 2.60. The van der Waals surface area contributed by atoms with E-state index in [0.29, 0.717) is 13.2 Å². The van der Waals surface area contributed by atoms with Crippen LogP contribution in [0.1, 0.15) is 33.1 Å². The van der Waals surface area contributed by atoms with Crippen LogP contribution in [0.3, 0.4) is 0 Å². The predicted molar refractivity (Wildman–Crippen MR) is 71.5 cm³/mol. The SMILES string of the molecule is CCOC(=O)C1CCCN(C(=O)C2(C)CCNC2)C1. The molecule has 0 aromatic heterocycles. The molecule has 2 aliphatic heterocycles. The molecule has 0 aliphatic carbocycles. The molecule has 2 rings (SSSR count). The minimum Gasteiger partial charge on any atom is -0.466 e. The summed E-state index contributed by atoms with van der Waals surface area (Å²) < 4.78 is 5.07. The van der Waals surface area contributed by atoms with E-state index in [0.717, 1.165) is 38.9 Å². The van der Waals surface area contributed by atoms with E-state index in [1.165, 1.54) is 0 Å². The van der Waals surface area contributed by atoms with Crippen molar-refractivity contribution in [3.05, 3.63) is 0 Å². The van der Waals surface area contributed by atoms with Crippen molar-refractivity contribution < 1.29 is 14.3 Å². The van der Waals surface area contributed by atoms with Crippen LogP contribution in [0.4, 0.5) is 0 Å². The largest absolute Gasteiger partial charge is 0.466 e. The normalized spacial score (nSPS) is 31.3. The monoisotopic (exact) mass is 268 g/mol. The second-order valence-electron chi connectivity index (χ2n) is 5.83. The third-order valence-electron chi connectivity index (χ3n) is 4.21. The zero-order chi connectivity index (χ0) is 13.9. The number of ether oxygens (including phenoxy) is 1. The molecule has 19 heavy (non-hydrogen) atoms. The van der Waals surface area contributed by atoms with E-state index < -0.39 is 0 Å². The molecule has 0 aromatic rings. The maximum absolute atomic E-state index is 12.6. The van der Waals surface area contributed by atoms with Gasteiger partial charge in [0.05, 0.1) is 17.9 Å². The Labute approximate surface area is 114 Å². The summed E-state index contributed by atoms with van der Waals surface area (Å²) in [5.74, 6) is -0.114. The first-order valence-corrected chi connectivity index (χ1v) is 7.23. The number of hydrogen-bond acceptors (Lipinski definition) is 4. The molecule has 2 aliphatic rings. The Kier molecular flexibility index (Phi) is 4.45. The summed E-state index contributed by atoms with van der Waals surface area (Å²) in [6.45, 7) is 7.17. The van der Waals surface area contributed by atoms with Crippen molar-refractivity contribution in [2.75, 3.05) is 32.8 Å². The summed E-state index contributed by atoms with van der Waals surface area (Å²) >= 11 is 0. The molecule has 1 amide bonds. The molecule has 0 saturated carbocycles. The van der Waals surface area contributed by atoms with E-state index in [9.17, 15) is 9.59 Å². The van der Waals surface area contributed by atoms with E-state index in [-0.39, 0.29) is 23.2 Å². The first-order chi connectivity index (χ1) is 9.07. The molecule has 0 spiro atoms. The second-order valence-corrected chi connectivity index (χ2v) is 5.83. The molecule has 5 heteroatoms. The van der Waals surface area contributed by atoms with Crippen molar-refractivity contribution in [3.8, 4) is 0 Å². The van der Waals surface area contributed by atoms with Crippen LogP contribution in [0.25, 0.3) is 0 Å². The standard InChI is InChI=1S/C14H24N2O3/c1-3-19-12(17)11-5-4-8-16(9-11)13(18)14(2)6-7-15-10-14/h11,15H,3-10H2,1-2H3. The van der Waals surface area contributed by atoms with Gasteiger partial charge in [-0.1, -0.05) is 0 Å². The number of carbonyl (C=O) groups excluding carboxylic acids is 2. The average molecular weight is 268 g/mol. The van der Waals surface area contributed by atoms with Gasteiger partial charge in [0, 0.05) is 19.6 Å². The van der Waals surface area contributed by atoms with E-state index in [1.54, 1.807) is 0 Å². The highest BCUT2D eigenvalue weighted by atomic mass is 16.5. The molecule has 2 unspecified atom stereocenters. The van der Waals surface area contributed by atoms with Crippen molar-refractivity contribution in [2.24, 2.45) is 11.3 Å². The van der Waals surface area contributed by atoms with Crippen molar-refractivity contribution >= 4 is 11.9 Å². The van der Waals surface area contributed by atoms with Crippen LogP contribution >= 0.6 is 0 Å². The lowest BCUT2D eigenvalue weighted by Crippen LogP contribution is -2.49. The van der Waals surface area contributed by atoms with Gasteiger partial charge >= 0.3 is 5.97 Å². The third-order valence-corrected chi connectivity index (χ3v) is 4.21. The number of rotatable bonds is 3. The van der Waals surface area contributed by atoms with Crippen molar-refractivity contribution in [1.29, 1.82) is 0 Å². The Hall–Kier alpha value is -1.10. The van der Waals surface area contributed by atoms with Crippen LogP contribution in [0.15, 0.2) is 0 Å². The van der Waals surface area contributed by atoms with Crippen LogP contribution in [-0.4, -0.2) is 49.6 Å². The van der Waals surface area contributed by atoms with Gasteiger partial charge in [-0.15, -0.1) is 0 Å². The Bertz CT molecular complexity index is 351. The Morgan fingerprint density at radius 3 is 2.89 bits per heavy atom. The smallest absolute Gasteiger partial charge is 0.310 e. The molecule has 2 heterocycles. The topological polar surface area (TPSA) is 58.6 Å². The zero-order valence-corrected chi connectivity index (χ0v) is 11.9. The van der Waals surface area contributed by atoms with E-state index in [1.807, 2.05) is 18.7 Å². The lowest BCUT2D eigenvalue weighted by atomic mass is 9.86. The van der Waals surface area contributed by atoms with Crippen molar-refractivity contribution in [1.82, 2.24) is 10.2 Å². The summed E-state index contributed by atoms with van der Waals surface area (Å²) in [5, 5.41) is 3.25. The number of carbonyl (C=O) groups is 2. The van der Waals surface area contributed by atoms with Gasteiger partial charge in [0.25, 0.3) is 0 Å². The molecule has 0 bridgehead atoms. The van der Waals surface area contributed by atoms with Gasteiger partial charge in [-0.2, -0.15) is 0 Å². The molecule has 1 N–H and O–H groups in total. The van der Waals surface area contributed by atoms with Crippen LogP contribution in [0, 0.1) is 11.3 Å². The molecule has 108 valence electrons. The average Bonchev–Trinajstić information content (AvgIpc) is 2.86. The second kappa shape index (κ2) is 5.90. The molecule has 2 fully saturated rings. The molecular weight excluding hydrogens is 244 g/mol. The summed E-state index contributed by atoms with van der Waals surface area (Å²) in [5.41, 5.74) is -0.295. The van der Waals surface area contributed by atoms with Gasteiger partial charge in [-0.3, -0.25) is 9.59 Å². The van der Waals surface area contributed by atoms with Crippen LogP contribution in [0.5, 0.6) is 0 Å². The number of nitrogens with one attached hydrogen (secondary N) is 1. The minimum absolute atomic E-state index is 0.143. The Morgan fingerprint density at radius 2 is 2.26 bits per heavy atom. The quantitative estimate of drug-likeness (QED) is 0.769. The highest BCUT2D eigenvalue weighted by molar-refractivity contribution is 5.84. The molecule has 2 saturated heterocycles. The number of nitrogens with zero attached hydrogens (tertiary/aromatic N) is 1. The first-order valence-electron chi connectivity index (χ1n) is 7.23. The molecule has 5 nitrogen and oxygen atoms in total. The zero-order valence-electron chi connectivity index (χ0n) is 11.9. The summed E-state index contributed by atoms with van der Waals surface area (Å²) in [7, 11) is 0. The number of piperidine rings is 1. The van der Waals surface area contributed by atoms with Crippen LogP contribution in [0.2, 0.25) is 0 Å². The van der Waals surface area contributed by atoms with Gasteiger partial charge in [0.15, 0.2) is 0 Å². The number of hydrogen-bond donors (Lipinski definition) is 1. The van der Waals surface area contributed by atoms with Gasteiger partial charge in [0.2, 0.25) is 5.91 Å². The van der Waals surface area contributed by atoms with E-state index >= 15 is 0 Å². The number of amides is 1. The summed E-state index contributed by atoms with van der Waals surface area (Å²) in [4.78, 5) is 26.2. The number of esters is 1. The molecule has 0 radical (unpaired) electrons. The van der Waals surface area contributed by atoms with Gasteiger partial charge in [-0.25, -0.2) is 0 Å². The third kappa shape index (κ3) is 3.08. The van der Waals surface area contributed by atoms with E-state index in [2.05, 4.69) is 5.32 Å². The maximum atomic E-state index is 12.6. The lowest BCUT2D eigenvalue weighted by molar-refractivity contribution is -0.153. The highest BCUT2D eigenvalue weighted by Crippen LogP contribution is 2.29.